The summed E-state index contributed by atoms with van der Waals surface area (Å²) in [6, 6.07) is 8.02. The highest BCUT2D eigenvalue weighted by molar-refractivity contribution is 5.33. The van der Waals surface area contributed by atoms with Crippen molar-refractivity contribution in [1.29, 1.82) is 0 Å². The number of ether oxygens (including phenoxy) is 3. The summed E-state index contributed by atoms with van der Waals surface area (Å²) in [5.41, 5.74) is 0.229. The first kappa shape index (κ1) is 19.6. The normalized spacial score (nSPS) is 31.7. The molecule has 2 aliphatic rings. The van der Waals surface area contributed by atoms with Crippen LogP contribution in [0, 0.1) is 5.92 Å². The van der Waals surface area contributed by atoms with E-state index >= 15 is 0 Å². The van der Waals surface area contributed by atoms with Gasteiger partial charge >= 0.3 is 0 Å². The van der Waals surface area contributed by atoms with Crippen molar-refractivity contribution in [3.63, 3.8) is 0 Å². The quantitative estimate of drug-likeness (QED) is 0.717. The van der Waals surface area contributed by atoms with Gasteiger partial charge in [-0.2, -0.15) is 0 Å². The summed E-state index contributed by atoms with van der Waals surface area (Å²) in [6.45, 7) is 3.43. The first-order valence-electron chi connectivity index (χ1n) is 9.89. The average molecular weight is 363 g/mol. The molecule has 3 rings (SSSR count). The Bertz CT molecular complexity index is 573. The molecule has 1 aromatic rings. The molecule has 1 aromatic carbocycles. The van der Waals surface area contributed by atoms with Crippen LogP contribution in [0.1, 0.15) is 51.0 Å². The highest BCUT2D eigenvalue weighted by atomic mass is 16.9. The largest absolute Gasteiger partial charge is 0.494 e. The predicted octanol–water partition coefficient (Wildman–Crippen LogP) is 3.50. The van der Waals surface area contributed by atoms with Crippen molar-refractivity contribution < 1.29 is 19.3 Å². The summed E-state index contributed by atoms with van der Waals surface area (Å²) in [5.74, 6) is 1.09. The lowest BCUT2D eigenvalue weighted by atomic mass is 9.71. The Morgan fingerprint density at radius 1 is 1.27 bits per heavy atom. The second kappa shape index (κ2) is 8.70. The molecule has 1 N–H and O–H groups in total. The second-order valence-corrected chi connectivity index (χ2v) is 7.92. The van der Waals surface area contributed by atoms with Gasteiger partial charge in [0, 0.05) is 18.9 Å². The molecule has 0 spiro atoms. The van der Waals surface area contributed by atoms with Gasteiger partial charge in [-0.3, -0.25) is 0 Å². The minimum absolute atomic E-state index is 0.0658. The Morgan fingerprint density at radius 2 is 2.08 bits per heavy atom. The van der Waals surface area contributed by atoms with Crippen LogP contribution in [0.4, 0.5) is 0 Å². The maximum absolute atomic E-state index is 11.5. The number of aliphatic hydroxyl groups is 1. The molecule has 2 atom stereocenters. The summed E-state index contributed by atoms with van der Waals surface area (Å²) in [7, 11) is 4.15. The molecule has 1 aliphatic carbocycles. The van der Waals surface area contributed by atoms with Crippen molar-refractivity contribution >= 4 is 0 Å². The number of benzene rings is 1. The van der Waals surface area contributed by atoms with Crippen LogP contribution in [-0.4, -0.2) is 49.8 Å². The van der Waals surface area contributed by atoms with E-state index in [4.69, 9.17) is 14.2 Å². The van der Waals surface area contributed by atoms with E-state index in [0.717, 1.165) is 50.0 Å². The molecule has 1 saturated heterocycles. The van der Waals surface area contributed by atoms with Crippen molar-refractivity contribution in [1.82, 2.24) is 4.90 Å². The number of hydrogen-bond donors (Lipinski definition) is 1. The van der Waals surface area contributed by atoms with Crippen molar-refractivity contribution in [3.8, 4) is 5.75 Å². The van der Waals surface area contributed by atoms with Gasteiger partial charge in [-0.05, 0) is 58.0 Å². The lowest BCUT2D eigenvalue weighted by Gasteiger charge is -2.41. The number of nitrogens with zero attached hydrogens (tertiary/aromatic N) is 1. The van der Waals surface area contributed by atoms with E-state index in [2.05, 4.69) is 19.0 Å². The lowest BCUT2D eigenvalue weighted by Crippen LogP contribution is -2.43. The molecular formula is C21H33NO4. The van der Waals surface area contributed by atoms with Crippen LogP contribution < -0.4 is 4.74 Å². The number of rotatable bonds is 8. The average Bonchev–Trinajstić information content (AvgIpc) is 2.59. The smallest absolute Gasteiger partial charge is 0.163 e. The number of hydrogen-bond acceptors (Lipinski definition) is 5. The Kier molecular flexibility index (Phi) is 6.56. The molecule has 0 radical (unpaired) electrons. The van der Waals surface area contributed by atoms with Crippen LogP contribution in [0.15, 0.2) is 24.3 Å². The Balaban J connectivity index is 1.58. The van der Waals surface area contributed by atoms with Crippen molar-refractivity contribution in [3.05, 3.63) is 29.8 Å². The van der Waals surface area contributed by atoms with Gasteiger partial charge in [0.05, 0.1) is 12.2 Å². The Labute approximate surface area is 157 Å². The molecule has 0 aromatic heterocycles. The van der Waals surface area contributed by atoms with Gasteiger partial charge in [-0.15, -0.1) is 0 Å². The summed E-state index contributed by atoms with van der Waals surface area (Å²) >= 11 is 0. The van der Waals surface area contributed by atoms with Gasteiger partial charge in [-0.25, -0.2) is 0 Å². The molecular weight excluding hydrogens is 330 g/mol. The van der Waals surface area contributed by atoms with Gasteiger partial charge in [0.15, 0.2) is 12.6 Å². The lowest BCUT2D eigenvalue weighted by molar-refractivity contribution is -0.377. The van der Waals surface area contributed by atoms with Crippen LogP contribution in [0.5, 0.6) is 5.75 Å². The zero-order valence-electron chi connectivity index (χ0n) is 16.3. The highest BCUT2D eigenvalue weighted by Gasteiger charge is 2.40. The minimum Gasteiger partial charge on any atom is -0.494 e. The van der Waals surface area contributed by atoms with E-state index in [0.29, 0.717) is 6.61 Å². The van der Waals surface area contributed by atoms with Gasteiger partial charge in [0.1, 0.15) is 5.75 Å². The fourth-order valence-corrected chi connectivity index (χ4v) is 4.16. The molecule has 1 saturated carbocycles. The first-order chi connectivity index (χ1) is 12.5. The molecule has 5 nitrogen and oxygen atoms in total. The van der Waals surface area contributed by atoms with Gasteiger partial charge in [0.2, 0.25) is 0 Å². The zero-order valence-corrected chi connectivity index (χ0v) is 16.3. The fraction of sp³-hybridized carbons (Fsp3) is 0.714. The summed E-state index contributed by atoms with van der Waals surface area (Å²) in [4.78, 5) is 2.17. The van der Waals surface area contributed by atoms with E-state index < -0.39 is 5.60 Å². The van der Waals surface area contributed by atoms with E-state index in [-0.39, 0.29) is 18.5 Å². The summed E-state index contributed by atoms with van der Waals surface area (Å²) in [6.07, 6.45) is 5.75. The van der Waals surface area contributed by atoms with Crippen molar-refractivity contribution in [2.75, 3.05) is 27.2 Å². The Morgan fingerprint density at radius 3 is 2.81 bits per heavy atom. The molecule has 1 aliphatic heterocycles. The third kappa shape index (κ3) is 4.77. The van der Waals surface area contributed by atoms with E-state index in [1.54, 1.807) is 0 Å². The molecule has 0 unspecified atom stereocenters. The molecule has 5 heteroatoms. The molecule has 1 heterocycles. The monoisotopic (exact) mass is 363 g/mol. The van der Waals surface area contributed by atoms with Crippen LogP contribution in [0.2, 0.25) is 0 Å². The Hall–Kier alpha value is -1.14. The topological polar surface area (TPSA) is 51.2 Å². The second-order valence-electron chi connectivity index (χ2n) is 7.92. The molecule has 26 heavy (non-hydrogen) atoms. The first-order valence-corrected chi connectivity index (χ1v) is 9.89. The standard InChI is InChI=1S/C21H33NO4/c1-16-25-20(26-16)11-7-13-24-19-10-6-9-17(14-19)21(23)12-5-4-8-18(21)15-22(2)3/h6,9-10,14,16,18,20,23H,4-5,7-8,11-13,15H2,1-3H3/t16?,18-,20?,21+/m1/s1. The van der Waals surface area contributed by atoms with Crippen molar-refractivity contribution in [2.45, 2.75) is 63.6 Å². The zero-order chi connectivity index (χ0) is 18.6. The fourth-order valence-electron chi connectivity index (χ4n) is 4.16. The van der Waals surface area contributed by atoms with Crippen LogP contribution in [-0.2, 0) is 15.1 Å². The van der Waals surface area contributed by atoms with Crippen LogP contribution in [0.25, 0.3) is 0 Å². The van der Waals surface area contributed by atoms with Crippen molar-refractivity contribution in [2.24, 2.45) is 5.92 Å². The third-order valence-electron chi connectivity index (χ3n) is 5.50. The van der Waals surface area contributed by atoms with E-state index in [1.165, 1.54) is 6.42 Å². The summed E-state index contributed by atoms with van der Waals surface area (Å²) < 4.78 is 16.8. The van der Waals surface area contributed by atoms with Gasteiger partial charge in [0.25, 0.3) is 0 Å². The molecule has 146 valence electrons. The molecule has 0 bridgehead atoms. The maximum Gasteiger partial charge on any atom is 0.163 e. The third-order valence-corrected chi connectivity index (χ3v) is 5.50. The summed E-state index contributed by atoms with van der Waals surface area (Å²) in [5, 5.41) is 11.5. The highest BCUT2D eigenvalue weighted by Crippen LogP contribution is 2.42. The SMILES string of the molecule is CC1OC(CCCOc2cccc([C@@]3(O)CCCC[C@@H]3CN(C)C)c2)O1. The van der Waals surface area contributed by atoms with Gasteiger partial charge in [-0.1, -0.05) is 25.0 Å². The van der Waals surface area contributed by atoms with Crippen LogP contribution in [0.3, 0.4) is 0 Å². The molecule has 2 fully saturated rings. The van der Waals surface area contributed by atoms with Crippen LogP contribution >= 0.6 is 0 Å². The molecule has 0 amide bonds. The minimum atomic E-state index is -0.758. The predicted molar refractivity (Wildman–Crippen MR) is 101 cm³/mol. The van der Waals surface area contributed by atoms with E-state index in [1.807, 2.05) is 31.2 Å². The maximum atomic E-state index is 11.5. The van der Waals surface area contributed by atoms with E-state index in [9.17, 15) is 5.11 Å². The van der Waals surface area contributed by atoms with Gasteiger partial charge < -0.3 is 24.2 Å².